The Morgan fingerprint density at radius 1 is 1.11 bits per heavy atom. The van der Waals surface area contributed by atoms with Crippen molar-refractivity contribution in [2.24, 2.45) is 0 Å². The molecule has 0 spiro atoms. The van der Waals surface area contributed by atoms with Crippen LogP contribution in [-0.4, -0.2) is 97.2 Å². The van der Waals surface area contributed by atoms with Crippen LogP contribution in [0.3, 0.4) is 0 Å². The molecule has 2 aromatic rings. The third kappa shape index (κ3) is 5.44. The molecule has 9 nitrogen and oxygen atoms in total. The van der Waals surface area contributed by atoms with Crippen LogP contribution in [0.15, 0.2) is 30.3 Å². The zero-order valence-electron chi connectivity index (χ0n) is 21.6. The van der Waals surface area contributed by atoms with Crippen molar-refractivity contribution in [3.8, 4) is 17.0 Å². The van der Waals surface area contributed by atoms with Gasteiger partial charge in [-0.05, 0) is 37.1 Å². The molecule has 4 heterocycles. The van der Waals surface area contributed by atoms with E-state index >= 15 is 0 Å². The second-order valence-electron chi connectivity index (χ2n) is 11.3. The summed E-state index contributed by atoms with van der Waals surface area (Å²) in [5.74, 6) is 1.02. The number of aromatic nitrogens is 2. The third-order valence-corrected chi connectivity index (χ3v) is 9.30. The fourth-order valence-corrected chi connectivity index (χ4v) is 6.13. The van der Waals surface area contributed by atoms with Gasteiger partial charge >= 0.3 is 6.09 Å². The Balaban J connectivity index is 1.17. The van der Waals surface area contributed by atoms with Gasteiger partial charge in [-0.2, -0.15) is 0 Å². The maximum atomic E-state index is 12.5. The number of piperidine rings is 1. The van der Waals surface area contributed by atoms with E-state index in [0.29, 0.717) is 29.9 Å². The third-order valence-electron chi connectivity index (χ3n) is 7.60. The average Bonchev–Trinajstić information content (AvgIpc) is 2.87. The fourth-order valence-electron chi connectivity index (χ4n) is 5.42. The van der Waals surface area contributed by atoms with E-state index in [1.54, 1.807) is 6.07 Å². The zero-order chi connectivity index (χ0) is 25.3. The number of hydrogen-bond acceptors (Lipinski definition) is 8. The molecule has 36 heavy (non-hydrogen) atoms. The summed E-state index contributed by atoms with van der Waals surface area (Å²) < 4.78 is 5.56. The van der Waals surface area contributed by atoms with E-state index in [1.807, 2.05) is 29.2 Å². The Kier molecular flexibility index (Phi) is 7.07. The van der Waals surface area contributed by atoms with E-state index in [1.165, 1.54) is 0 Å². The van der Waals surface area contributed by atoms with Crippen molar-refractivity contribution in [3.63, 3.8) is 0 Å². The number of ether oxygens (including phenoxy) is 1. The average molecular weight is 511 g/mol. The Bertz CT molecular complexity index is 1090. The molecular formula is C26H38N6O3Si. The monoisotopic (exact) mass is 510 g/mol. The lowest BCUT2D eigenvalue weighted by atomic mass is 9.99. The first-order valence-corrected chi connectivity index (χ1v) is 16.8. The van der Waals surface area contributed by atoms with E-state index in [0.717, 1.165) is 69.7 Å². The van der Waals surface area contributed by atoms with Crippen LogP contribution in [0.5, 0.6) is 5.75 Å². The molecule has 2 saturated heterocycles. The van der Waals surface area contributed by atoms with E-state index in [4.69, 9.17) is 4.74 Å². The maximum absolute atomic E-state index is 12.5. The van der Waals surface area contributed by atoms with Crippen LogP contribution >= 0.6 is 0 Å². The van der Waals surface area contributed by atoms with Crippen molar-refractivity contribution < 1.29 is 14.6 Å². The molecule has 194 valence electrons. The molecule has 2 N–H and O–H groups in total. The molecule has 0 radical (unpaired) electrons. The second-order valence-corrected chi connectivity index (χ2v) is 17.0. The van der Waals surface area contributed by atoms with E-state index in [2.05, 4.69) is 45.0 Å². The molecule has 1 aromatic carbocycles. The quantitative estimate of drug-likeness (QED) is 0.588. The van der Waals surface area contributed by atoms with Crippen LogP contribution in [-0.2, 0) is 4.74 Å². The van der Waals surface area contributed by atoms with Gasteiger partial charge in [0.25, 0.3) is 0 Å². The van der Waals surface area contributed by atoms with E-state index in [9.17, 15) is 9.90 Å². The normalized spacial score (nSPS) is 20.9. The summed E-state index contributed by atoms with van der Waals surface area (Å²) in [5, 5.41) is 22.5. The summed E-state index contributed by atoms with van der Waals surface area (Å²) in [6, 6.07) is 11.1. The van der Waals surface area contributed by atoms with Gasteiger partial charge in [-0.1, -0.05) is 31.8 Å². The number of likely N-dealkylation sites (tertiary alicyclic amines) is 1. The number of carbonyl (C=O) groups is 1. The van der Waals surface area contributed by atoms with Crippen molar-refractivity contribution in [1.29, 1.82) is 0 Å². The van der Waals surface area contributed by atoms with Gasteiger partial charge in [-0.3, -0.25) is 4.90 Å². The largest absolute Gasteiger partial charge is 0.507 e. The molecule has 3 aliphatic heterocycles. The van der Waals surface area contributed by atoms with Crippen LogP contribution in [0.2, 0.25) is 25.7 Å². The van der Waals surface area contributed by atoms with Gasteiger partial charge in [0, 0.05) is 58.9 Å². The molecule has 1 amide bonds. The van der Waals surface area contributed by atoms with Crippen LogP contribution in [0.25, 0.3) is 11.3 Å². The number of phenolic OH excluding ortho intramolecular Hbond substituents is 1. The number of piperazine rings is 1. The number of phenols is 1. The number of carbonyl (C=O) groups excluding carboxylic acids is 1. The Hall–Kier alpha value is -2.85. The highest BCUT2D eigenvalue weighted by Gasteiger charge is 2.36. The molecular weight excluding hydrogens is 472 g/mol. The van der Waals surface area contributed by atoms with E-state index in [-0.39, 0.29) is 11.8 Å². The van der Waals surface area contributed by atoms with Crippen LogP contribution in [0, 0.1) is 0 Å². The van der Waals surface area contributed by atoms with Crippen molar-refractivity contribution in [1.82, 2.24) is 20.0 Å². The first-order valence-electron chi connectivity index (χ1n) is 13.1. The van der Waals surface area contributed by atoms with Gasteiger partial charge < -0.3 is 25.0 Å². The smallest absolute Gasteiger partial charge is 0.409 e. The lowest BCUT2D eigenvalue weighted by Gasteiger charge is -2.49. The summed E-state index contributed by atoms with van der Waals surface area (Å²) in [4.78, 5) is 19.4. The maximum Gasteiger partial charge on any atom is 0.409 e. The minimum absolute atomic E-state index is 0.147. The Morgan fingerprint density at radius 3 is 2.64 bits per heavy atom. The summed E-state index contributed by atoms with van der Waals surface area (Å²) in [5.41, 5.74) is 2.43. The summed E-state index contributed by atoms with van der Waals surface area (Å²) in [7, 11) is -1.20. The first-order chi connectivity index (χ1) is 17.3. The summed E-state index contributed by atoms with van der Waals surface area (Å²) in [6.45, 7) is 12.7. The lowest BCUT2D eigenvalue weighted by molar-refractivity contribution is 0.0685. The number of fused-ring (bicyclic) bond motifs is 3. The molecule has 0 aliphatic carbocycles. The SMILES string of the molecule is C[Si](C)(C)CCOC(=O)N1CCC(N2CCN3c4cc(-c5ccccc5O)nnc4NC[C@H]3C2)CC1. The van der Waals surface area contributed by atoms with Crippen LogP contribution in [0.1, 0.15) is 12.8 Å². The molecule has 1 aromatic heterocycles. The van der Waals surface area contributed by atoms with Gasteiger partial charge in [-0.25, -0.2) is 4.79 Å². The van der Waals surface area contributed by atoms with Gasteiger partial charge in [0.15, 0.2) is 5.82 Å². The minimum atomic E-state index is -1.20. The van der Waals surface area contributed by atoms with Crippen LogP contribution < -0.4 is 10.2 Å². The van der Waals surface area contributed by atoms with Crippen molar-refractivity contribution in [2.75, 3.05) is 56.1 Å². The van der Waals surface area contributed by atoms with Gasteiger partial charge in [-0.15, -0.1) is 10.2 Å². The number of hydrogen-bond donors (Lipinski definition) is 2. The number of nitrogens with one attached hydrogen (secondary N) is 1. The van der Waals surface area contributed by atoms with Gasteiger partial charge in [0.05, 0.1) is 24.0 Å². The zero-order valence-corrected chi connectivity index (χ0v) is 22.6. The molecule has 1 atom stereocenters. The topological polar surface area (TPSA) is 94.1 Å². The molecule has 10 heteroatoms. The minimum Gasteiger partial charge on any atom is -0.507 e. The Labute approximate surface area is 214 Å². The van der Waals surface area contributed by atoms with Crippen LogP contribution in [0.4, 0.5) is 16.3 Å². The number of nitrogens with zero attached hydrogens (tertiary/aromatic N) is 5. The first kappa shape index (κ1) is 24.8. The van der Waals surface area contributed by atoms with Gasteiger partial charge in [0.2, 0.25) is 0 Å². The predicted molar refractivity (Wildman–Crippen MR) is 144 cm³/mol. The highest BCUT2D eigenvalue weighted by Crippen LogP contribution is 2.36. The highest BCUT2D eigenvalue weighted by molar-refractivity contribution is 6.76. The predicted octanol–water partition coefficient (Wildman–Crippen LogP) is 3.70. The summed E-state index contributed by atoms with van der Waals surface area (Å²) >= 11 is 0. The molecule has 0 bridgehead atoms. The van der Waals surface area contributed by atoms with Crippen molar-refractivity contribution in [3.05, 3.63) is 30.3 Å². The van der Waals surface area contributed by atoms with Crippen molar-refractivity contribution in [2.45, 2.75) is 50.6 Å². The standard InChI is InChI=1S/C26H38N6O3Si/c1-36(2,3)15-14-35-26(34)30-10-8-19(9-11-30)31-12-13-32-20(18-31)17-27-25-23(32)16-22(28-29-25)21-6-4-5-7-24(21)33/h4-7,16,19-20,33H,8-15,17-18H2,1-3H3,(H,27,29)/t20-/m0/s1. The van der Waals surface area contributed by atoms with Gasteiger partial charge in [0.1, 0.15) is 5.75 Å². The second kappa shape index (κ2) is 10.3. The molecule has 3 aliphatic rings. The molecule has 0 unspecified atom stereocenters. The number of para-hydroxylation sites is 1. The number of anilines is 2. The Morgan fingerprint density at radius 2 is 1.89 bits per heavy atom. The summed E-state index contributed by atoms with van der Waals surface area (Å²) in [6.07, 6.45) is 1.83. The number of amides is 1. The number of benzene rings is 1. The lowest BCUT2D eigenvalue weighted by Crippen LogP contribution is -2.61. The van der Waals surface area contributed by atoms with E-state index < -0.39 is 8.07 Å². The number of rotatable bonds is 5. The molecule has 5 rings (SSSR count). The molecule has 2 fully saturated rings. The number of aromatic hydroxyl groups is 1. The fraction of sp³-hybridized carbons (Fsp3) is 0.577. The van der Waals surface area contributed by atoms with Crippen molar-refractivity contribution >= 4 is 25.7 Å². The highest BCUT2D eigenvalue weighted by atomic mass is 28.3. The molecule has 0 saturated carbocycles.